The molecule has 1 aliphatic rings. The van der Waals surface area contributed by atoms with Gasteiger partial charge in [-0.25, -0.2) is 0 Å². The van der Waals surface area contributed by atoms with E-state index in [4.69, 9.17) is 0 Å². The van der Waals surface area contributed by atoms with Gasteiger partial charge in [0.05, 0.1) is 0 Å². The van der Waals surface area contributed by atoms with Gasteiger partial charge in [-0.05, 0) is 50.2 Å². The van der Waals surface area contributed by atoms with Gasteiger partial charge in [-0.1, -0.05) is 44.0 Å². The van der Waals surface area contributed by atoms with Crippen LogP contribution in [0.15, 0.2) is 24.3 Å². The van der Waals surface area contributed by atoms with Crippen LogP contribution in [-0.4, -0.2) is 6.04 Å². The molecule has 2 rings (SSSR count). The fourth-order valence-electron chi connectivity index (χ4n) is 3.17. The molecule has 0 heterocycles. The summed E-state index contributed by atoms with van der Waals surface area (Å²) in [5.74, 6) is 0.922. The number of rotatable bonds is 3. The van der Waals surface area contributed by atoms with E-state index in [9.17, 15) is 0 Å². The first-order chi connectivity index (χ1) is 8.66. The molecular formula is C17H27N. The van der Waals surface area contributed by atoms with Crippen LogP contribution >= 0.6 is 0 Å². The highest BCUT2D eigenvalue weighted by Crippen LogP contribution is 2.25. The molecule has 1 nitrogen and oxygen atoms in total. The normalized spacial score (nSPS) is 26.6. The lowest BCUT2D eigenvalue weighted by atomic mass is 10.00. The van der Waals surface area contributed by atoms with Gasteiger partial charge in [0.25, 0.3) is 0 Å². The number of aryl methyl sites for hydroxylation is 1. The Kier molecular flexibility index (Phi) is 4.82. The van der Waals surface area contributed by atoms with E-state index in [1.807, 2.05) is 0 Å². The van der Waals surface area contributed by atoms with Crippen molar-refractivity contribution in [1.82, 2.24) is 5.32 Å². The minimum atomic E-state index is 0.476. The lowest BCUT2D eigenvalue weighted by Gasteiger charge is -2.23. The van der Waals surface area contributed by atoms with E-state index in [2.05, 4.69) is 50.4 Å². The maximum atomic E-state index is 3.84. The summed E-state index contributed by atoms with van der Waals surface area (Å²) in [5, 5.41) is 3.84. The van der Waals surface area contributed by atoms with Gasteiger partial charge < -0.3 is 5.32 Å². The summed E-state index contributed by atoms with van der Waals surface area (Å²) < 4.78 is 0. The van der Waals surface area contributed by atoms with Crippen molar-refractivity contribution in [3.05, 3.63) is 35.4 Å². The summed E-state index contributed by atoms with van der Waals surface area (Å²) >= 11 is 0. The van der Waals surface area contributed by atoms with E-state index in [-0.39, 0.29) is 0 Å². The molecule has 0 spiro atoms. The minimum absolute atomic E-state index is 0.476. The summed E-state index contributed by atoms with van der Waals surface area (Å²) in [4.78, 5) is 0. The molecular weight excluding hydrogens is 218 g/mol. The van der Waals surface area contributed by atoms with Gasteiger partial charge >= 0.3 is 0 Å². The van der Waals surface area contributed by atoms with Gasteiger partial charge in [0.15, 0.2) is 0 Å². The zero-order valence-electron chi connectivity index (χ0n) is 12.1. The maximum Gasteiger partial charge on any atom is 0.0296 e. The maximum absolute atomic E-state index is 3.84. The average molecular weight is 245 g/mol. The highest BCUT2D eigenvalue weighted by Gasteiger charge is 2.18. The predicted octanol–water partition coefficient (Wildman–Crippen LogP) is 4.61. The second-order valence-corrected chi connectivity index (χ2v) is 6.06. The van der Waals surface area contributed by atoms with Crippen LogP contribution in [0.4, 0.5) is 0 Å². The second kappa shape index (κ2) is 6.38. The Morgan fingerprint density at radius 3 is 2.67 bits per heavy atom. The molecule has 0 aromatic heterocycles. The molecule has 1 saturated carbocycles. The fourth-order valence-corrected chi connectivity index (χ4v) is 3.17. The van der Waals surface area contributed by atoms with Gasteiger partial charge in [-0.15, -0.1) is 0 Å². The van der Waals surface area contributed by atoms with Crippen molar-refractivity contribution in [3.63, 3.8) is 0 Å². The average Bonchev–Trinajstić information content (AvgIpc) is 2.55. The summed E-state index contributed by atoms with van der Waals surface area (Å²) in [6, 6.07) is 9.93. The van der Waals surface area contributed by atoms with Gasteiger partial charge in [0.2, 0.25) is 0 Å². The molecule has 1 heteroatoms. The van der Waals surface area contributed by atoms with Crippen LogP contribution < -0.4 is 5.32 Å². The number of benzene rings is 1. The third-order valence-corrected chi connectivity index (χ3v) is 4.40. The van der Waals surface area contributed by atoms with Gasteiger partial charge in [0.1, 0.15) is 0 Å². The Balaban J connectivity index is 1.94. The molecule has 1 aromatic carbocycles. The Hall–Kier alpha value is -0.820. The van der Waals surface area contributed by atoms with Crippen molar-refractivity contribution in [3.8, 4) is 0 Å². The van der Waals surface area contributed by atoms with Crippen LogP contribution in [-0.2, 0) is 0 Å². The Morgan fingerprint density at radius 1 is 1.11 bits per heavy atom. The fraction of sp³-hybridized carbons (Fsp3) is 0.647. The highest BCUT2D eigenvalue weighted by molar-refractivity contribution is 5.28. The predicted molar refractivity (Wildman–Crippen MR) is 78.8 cm³/mol. The van der Waals surface area contributed by atoms with Crippen molar-refractivity contribution >= 4 is 0 Å². The molecule has 2 unspecified atom stereocenters. The molecule has 1 aliphatic carbocycles. The number of hydrogen-bond donors (Lipinski definition) is 1. The summed E-state index contributed by atoms with van der Waals surface area (Å²) in [7, 11) is 0. The van der Waals surface area contributed by atoms with Crippen LogP contribution in [0.25, 0.3) is 0 Å². The molecule has 18 heavy (non-hydrogen) atoms. The van der Waals surface area contributed by atoms with Gasteiger partial charge in [-0.2, -0.15) is 0 Å². The molecule has 0 radical (unpaired) electrons. The first-order valence-corrected chi connectivity index (χ1v) is 7.48. The van der Waals surface area contributed by atoms with E-state index < -0.39 is 0 Å². The molecule has 0 bridgehead atoms. The molecule has 100 valence electrons. The van der Waals surface area contributed by atoms with Crippen molar-refractivity contribution < 1.29 is 0 Å². The third-order valence-electron chi connectivity index (χ3n) is 4.40. The Bertz CT molecular complexity index is 372. The quantitative estimate of drug-likeness (QED) is 0.767. The summed E-state index contributed by atoms with van der Waals surface area (Å²) in [6.07, 6.45) is 6.88. The lowest BCUT2D eigenvalue weighted by molar-refractivity contribution is 0.407. The van der Waals surface area contributed by atoms with Crippen LogP contribution in [0.5, 0.6) is 0 Å². The largest absolute Gasteiger partial charge is 0.307 e. The number of nitrogens with one attached hydrogen (secondary N) is 1. The first kappa shape index (κ1) is 13.6. The molecule has 1 aromatic rings. The molecule has 0 aliphatic heterocycles. The number of hydrogen-bond acceptors (Lipinski definition) is 1. The summed E-state index contributed by atoms with van der Waals surface area (Å²) in [5.41, 5.74) is 2.86. The van der Waals surface area contributed by atoms with Crippen molar-refractivity contribution in [1.29, 1.82) is 0 Å². The smallest absolute Gasteiger partial charge is 0.0296 e. The second-order valence-electron chi connectivity index (χ2n) is 6.06. The lowest BCUT2D eigenvalue weighted by Crippen LogP contribution is -2.31. The first-order valence-electron chi connectivity index (χ1n) is 7.48. The molecule has 0 saturated heterocycles. The minimum Gasteiger partial charge on any atom is -0.307 e. The Morgan fingerprint density at radius 2 is 1.89 bits per heavy atom. The van der Waals surface area contributed by atoms with Crippen molar-refractivity contribution in [2.75, 3.05) is 0 Å². The third kappa shape index (κ3) is 3.58. The van der Waals surface area contributed by atoms with E-state index in [1.54, 1.807) is 0 Å². The SMILES string of the molecule is Cc1ccccc1[C@@H](C)NC1CCCC(C)CC1. The van der Waals surface area contributed by atoms with Crippen LogP contribution in [0, 0.1) is 12.8 Å². The van der Waals surface area contributed by atoms with E-state index in [1.165, 1.54) is 43.2 Å². The standard InChI is InChI=1S/C17H27N/c1-13-7-6-9-16(12-11-13)18-15(3)17-10-5-4-8-14(17)2/h4-5,8,10,13,15-16,18H,6-7,9,11-12H2,1-3H3/t13?,15-,16?/m1/s1. The van der Waals surface area contributed by atoms with Crippen molar-refractivity contribution in [2.45, 2.75) is 65.0 Å². The van der Waals surface area contributed by atoms with Crippen molar-refractivity contribution in [2.24, 2.45) is 5.92 Å². The van der Waals surface area contributed by atoms with E-state index >= 15 is 0 Å². The molecule has 1 fully saturated rings. The van der Waals surface area contributed by atoms with Crippen LogP contribution in [0.1, 0.15) is 63.1 Å². The monoisotopic (exact) mass is 245 g/mol. The molecule has 1 N–H and O–H groups in total. The van der Waals surface area contributed by atoms with Crippen LogP contribution in [0.3, 0.4) is 0 Å². The van der Waals surface area contributed by atoms with Crippen LogP contribution in [0.2, 0.25) is 0 Å². The summed E-state index contributed by atoms with van der Waals surface area (Å²) in [6.45, 7) is 6.91. The zero-order chi connectivity index (χ0) is 13.0. The topological polar surface area (TPSA) is 12.0 Å². The zero-order valence-corrected chi connectivity index (χ0v) is 12.1. The highest BCUT2D eigenvalue weighted by atomic mass is 14.9. The molecule has 3 atom stereocenters. The van der Waals surface area contributed by atoms with Gasteiger partial charge in [0, 0.05) is 12.1 Å². The van der Waals surface area contributed by atoms with Gasteiger partial charge in [-0.3, -0.25) is 0 Å². The Labute approximate surface area is 112 Å². The van der Waals surface area contributed by atoms with E-state index in [0.717, 1.165) is 5.92 Å². The molecule has 0 amide bonds. The van der Waals surface area contributed by atoms with E-state index in [0.29, 0.717) is 12.1 Å².